The molecule has 0 aliphatic heterocycles. The van der Waals surface area contributed by atoms with Crippen LogP contribution in [0.3, 0.4) is 0 Å². The Kier molecular flexibility index (Phi) is 5.59. The molecule has 17 heavy (non-hydrogen) atoms. The first-order valence-corrected chi connectivity index (χ1v) is 7.76. The molecule has 1 rings (SSSR count). The standard InChI is InChI=1S/C12H22O4S/c1-2-3-8-17(16)9-12(15)6-4-10(5-7-12)11(13)14/h10,15H,2-9H2,1H3,(H,13,14). The van der Waals surface area contributed by atoms with Gasteiger partial charge in [-0.1, -0.05) is 13.3 Å². The van der Waals surface area contributed by atoms with Gasteiger partial charge < -0.3 is 10.2 Å². The summed E-state index contributed by atoms with van der Waals surface area (Å²) in [7, 11) is -0.976. The maximum absolute atomic E-state index is 11.7. The van der Waals surface area contributed by atoms with E-state index in [1.807, 2.05) is 6.92 Å². The molecule has 1 saturated carbocycles. The van der Waals surface area contributed by atoms with E-state index in [0.29, 0.717) is 37.2 Å². The lowest BCUT2D eigenvalue weighted by molar-refractivity contribution is -0.144. The van der Waals surface area contributed by atoms with Crippen LogP contribution in [0.4, 0.5) is 0 Å². The first kappa shape index (κ1) is 14.6. The molecule has 0 aromatic carbocycles. The molecule has 0 spiro atoms. The topological polar surface area (TPSA) is 74.6 Å². The van der Waals surface area contributed by atoms with Crippen molar-refractivity contribution in [2.45, 2.75) is 51.0 Å². The number of carbonyl (C=O) groups is 1. The largest absolute Gasteiger partial charge is 0.481 e. The summed E-state index contributed by atoms with van der Waals surface area (Å²) in [6.45, 7) is 2.05. The summed E-state index contributed by atoms with van der Waals surface area (Å²) in [5.41, 5.74) is -0.898. The number of aliphatic hydroxyl groups is 1. The zero-order valence-corrected chi connectivity index (χ0v) is 11.2. The predicted octanol–water partition coefficient (Wildman–Crippen LogP) is 1.54. The third kappa shape index (κ3) is 4.76. The van der Waals surface area contributed by atoms with Crippen LogP contribution in [0.2, 0.25) is 0 Å². The van der Waals surface area contributed by atoms with E-state index < -0.39 is 22.4 Å². The van der Waals surface area contributed by atoms with Gasteiger partial charge in [0, 0.05) is 16.6 Å². The van der Waals surface area contributed by atoms with Crippen LogP contribution < -0.4 is 0 Å². The highest BCUT2D eigenvalue weighted by Gasteiger charge is 2.36. The summed E-state index contributed by atoms with van der Waals surface area (Å²) in [5, 5.41) is 19.1. The van der Waals surface area contributed by atoms with Gasteiger partial charge in [-0.3, -0.25) is 9.00 Å². The first-order valence-electron chi connectivity index (χ1n) is 6.27. The van der Waals surface area contributed by atoms with E-state index >= 15 is 0 Å². The quantitative estimate of drug-likeness (QED) is 0.761. The van der Waals surface area contributed by atoms with E-state index in [4.69, 9.17) is 5.11 Å². The van der Waals surface area contributed by atoms with Crippen molar-refractivity contribution in [3.8, 4) is 0 Å². The average molecular weight is 262 g/mol. The van der Waals surface area contributed by atoms with Crippen LogP contribution in [0.15, 0.2) is 0 Å². The van der Waals surface area contributed by atoms with Crippen molar-refractivity contribution in [1.82, 2.24) is 0 Å². The van der Waals surface area contributed by atoms with Crippen LogP contribution in [0, 0.1) is 5.92 Å². The van der Waals surface area contributed by atoms with Gasteiger partial charge in [-0.05, 0) is 32.1 Å². The van der Waals surface area contributed by atoms with Crippen molar-refractivity contribution in [1.29, 1.82) is 0 Å². The molecule has 1 aliphatic carbocycles. The van der Waals surface area contributed by atoms with E-state index in [0.717, 1.165) is 12.8 Å². The summed E-state index contributed by atoms with van der Waals surface area (Å²) in [5.74, 6) is -0.168. The molecule has 1 fully saturated rings. The van der Waals surface area contributed by atoms with Crippen LogP contribution in [0.25, 0.3) is 0 Å². The van der Waals surface area contributed by atoms with Crippen LogP contribution in [0.1, 0.15) is 45.4 Å². The molecule has 1 aliphatic rings. The lowest BCUT2D eigenvalue weighted by Crippen LogP contribution is -2.41. The maximum Gasteiger partial charge on any atom is 0.306 e. The zero-order chi connectivity index (χ0) is 12.9. The summed E-state index contributed by atoms with van der Waals surface area (Å²) >= 11 is 0. The minimum atomic E-state index is -0.976. The third-order valence-electron chi connectivity index (χ3n) is 3.42. The average Bonchev–Trinajstić information content (AvgIpc) is 2.26. The van der Waals surface area contributed by atoms with E-state index in [-0.39, 0.29) is 5.92 Å². The van der Waals surface area contributed by atoms with Gasteiger partial charge in [-0.15, -0.1) is 0 Å². The second-order valence-corrected chi connectivity index (χ2v) is 6.56. The van der Waals surface area contributed by atoms with E-state index in [9.17, 15) is 14.1 Å². The molecule has 1 unspecified atom stereocenters. The molecule has 0 radical (unpaired) electrons. The Labute approximate surface area is 105 Å². The first-order chi connectivity index (χ1) is 7.97. The predicted molar refractivity (Wildman–Crippen MR) is 67.3 cm³/mol. The van der Waals surface area contributed by atoms with Crippen molar-refractivity contribution in [3.05, 3.63) is 0 Å². The van der Waals surface area contributed by atoms with Gasteiger partial charge in [0.1, 0.15) is 0 Å². The van der Waals surface area contributed by atoms with Gasteiger partial charge in [0.15, 0.2) is 0 Å². The summed E-state index contributed by atoms with van der Waals surface area (Å²) in [6.07, 6.45) is 3.84. The molecule has 100 valence electrons. The molecule has 0 aromatic rings. The fourth-order valence-electron chi connectivity index (χ4n) is 2.22. The number of carboxylic acids is 1. The highest BCUT2D eigenvalue weighted by molar-refractivity contribution is 7.85. The number of unbranched alkanes of at least 4 members (excludes halogenated alkanes) is 1. The van der Waals surface area contributed by atoms with E-state index in [2.05, 4.69) is 0 Å². The van der Waals surface area contributed by atoms with Gasteiger partial charge in [-0.25, -0.2) is 0 Å². The summed E-state index contributed by atoms with van der Waals surface area (Å²) < 4.78 is 11.7. The summed E-state index contributed by atoms with van der Waals surface area (Å²) in [6, 6.07) is 0. The number of rotatable bonds is 6. The molecule has 0 heterocycles. The maximum atomic E-state index is 11.7. The van der Waals surface area contributed by atoms with Crippen molar-refractivity contribution in [2.24, 2.45) is 5.92 Å². The van der Waals surface area contributed by atoms with Gasteiger partial charge >= 0.3 is 5.97 Å². The van der Waals surface area contributed by atoms with Crippen LogP contribution >= 0.6 is 0 Å². The number of aliphatic carboxylic acids is 1. The van der Waals surface area contributed by atoms with Crippen molar-refractivity contribution in [3.63, 3.8) is 0 Å². The Hall–Kier alpha value is -0.420. The number of hydrogen-bond acceptors (Lipinski definition) is 3. The molecular formula is C12H22O4S. The van der Waals surface area contributed by atoms with Gasteiger partial charge in [-0.2, -0.15) is 0 Å². The van der Waals surface area contributed by atoms with Gasteiger partial charge in [0.05, 0.1) is 17.3 Å². The van der Waals surface area contributed by atoms with Crippen LogP contribution in [-0.2, 0) is 15.6 Å². The Balaban J connectivity index is 2.39. The molecular weight excluding hydrogens is 240 g/mol. The molecule has 0 saturated heterocycles. The smallest absolute Gasteiger partial charge is 0.306 e. The van der Waals surface area contributed by atoms with E-state index in [1.54, 1.807) is 0 Å². The normalized spacial score (nSPS) is 31.1. The van der Waals surface area contributed by atoms with Gasteiger partial charge in [0.25, 0.3) is 0 Å². The SMILES string of the molecule is CCCCS(=O)CC1(O)CCC(C(=O)O)CC1. The van der Waals surface area contributed by atoms with E-state index in [1.165, 1.54) is 0 Å². The molecule has 5 heteroatoms. The van der Waals surface area contributed by atoms with Crippen molar-refractivity contribution < 1.29 is 19.2 Å². The van der Waals surface area contributed by atoms with Crippen molar-refractivity contribution in [2.75, 3.05) is 11.5 Å². The Bertz CT molecular complexity index is 282. The Morgan fingerprint density at radius 2 is 2.00 bits per heavy atom. The molecule has 0 aromatic heterocycles. The van der Waals surface area contributed by atoms with Crippen LogP contribution in [0.5, 0.6) is 0 Å². The van der Waals surface area contributed by atoms with Gasteiger partial charge in [0.2, 0.25) is 0 Å². The molecule has 1 atom stereocenters. The van der Waals surface area contributed by atoms with Crippen molar-refractivity contribution >= 4 is 16.8 Å². The fraction of sp³-hybridized carbons (Fsp3) is 0.917. The minimum absolute atomic E-state index is 0.305. The number of hydrogen-bond donors (Lipinski definition) is 2. The minimum Gasteiger partial charge on any atom is -0.481 e. The monoisotopic (exact) mass is 262 g/mol. The summed E-state index contributed by atoms with van der Waals surface area (Å²) in [4.78, 5) is 10.8. The Morgan fingerprint density at radius 1 is 1.41 bits per heavy atom. The highest BCUT2D eigenvalue weighted by Crippen LogP contribution is 2.32. The third-order valence-corrected chi connectivity index (χ3v) is 5.02. The lowest BCUT2D eigenvalue weighted by atomic mass is 9.80. The second kappa shape index (κ2) is 6.50. The molecule has 0 amide bonds. The Morgan fingerprint density at radius 3 is 2.47 bits per heavy atom. The fourth-order valence-corrected chi connectivity index (χ4v) is 3.87. The molecule has 0 bridgehead atoms. The zero-order valence-electron chi connectivity index (χ0n) is 10.4. The highest BCUT2D eigenvalue weighted by atomic mass is 32.2. The second-order valence-electron chi connectivity index (χ2n) is 4.98. The molecule has 4 nitrogen and oxygen atoms in total. The van der Waals surface area contributed by atoms with Crippen LogP contribution in [-0.4, -0.2) is 37.5 Å². The number of carboxylic acid groups (broad SMARTS) is 1. The lowest BCUT2D eigenvalue weighted by Gasteiger charge is -2.34. The molecule has 2 N–H and O–H groups in total.